The Morgan fingerprint density at radius 1 is 1.11 bits per heavy atom. The molecule has 2 N–H and O–H groups in total. The van der Waals surface area contributed by atoms with E-state index in [0.717, 1.165) is 24.7 Å². The first-order valence-corrected chi connectivity index (χ1v) is 7.26. The van der Waals surface area contributed by atoms with E-state index in [9.17, 15) is 0 Å². The maximum atomic E-state index is 6.03. The number of hydrogen-bond donors (Lipinski definition) is 1. The molecule has 0 saturated heterocycles. The number of para-hydroxylation sites is 1. The lowest BCUT2D eigenvalue weighted by molar-refractivity contribution is 0.216. The lowest BCUT2D eigenvalue weighted by atomic mass is 10.0. The molecular weight excluding hydrogens is 220 g/mol. The minimum Gasteiger partial charge on any atom is -0.398 e. The summed E-state index contributed by atoms with van der Waals surface area (Å²) in [6, 6.07) is 8.22. The Labute approximate surface area is 112 Å². The normalized spacial score (nSPS) is 11.4. The Kier molecular flexibility index (Phi) is 6.81. The van der Waals surface area contributed by atoms with Gasteiger partial charge in [0.05, 0.1) is 0 Å². The largest absolute Gasteiger partial charge is 0.398 e. The summed E-state index contributed by atoms with van der Waals surface area (Å²) in [6.07, 6.45) is 3.73. The van der Waals surface area contributed by atoms with E-state index in [4.69, 9.17) is 5.73 Å². The van der Waals surface area contributed by atoms with Crippen molar-refractivity contribution in [2.24, 2.45) is 5.92 Å². The summed E-state index contributed by atoms with van der Waals surface area (Å²) in [6.45, 7) is 10.1. The Morgan fingerprint density at radius 3 is 2.33 bits per heavy atom. The summed E-state index contributed by atoms with van der Waals surface area (Å²) in [5, 5.41) is 0. The molecule has 1 aromatic carbocycles. The smallest absolute Gasteiger partial charge is 0.0359 e. The van der Waals surface area contributed by atoms with Crippen LogP contribution in [0, 0.1) is 5.92 Å². The van der Waals surface area contributed by atoms with Gasteiger partial charge in [0, 0.05) is 18.8 Å². The maximum absolute atomic E-state index is 6.03. The van der Waals surface area contributed by atoms with Gasteiger partial charge in [-0.1, -0.05) is 51.8 Å². The van der Waals surface area contributed by atoms with Crippen molar-refractivity contribution in [3.63, 3.8) is 0 Å². The van der Waals surface area contributed by atoms with Gasteiger partial charge in [0.25, 0.3) is 0 Å². The number of rotatable bonds is 8. The van der Waals surface area contributed by atoms with Crippen LogP contribution in [0.1, 0.15) is 45.6 Å². The molecule has 1 aromatic rings. The van der Waals surface area contributed by atoms with Crippen LogP contribution in [0.3, 0.4) is 0 Å². The quantitative estimate of drug-likeness (QED) is 0.707. The van der Waals surface area contributed by atoms with Crippen LogP contribution in [-0.4, -0.2) is 18.0 Å². The van der Waals surface area contributed by atoms with Crippen LogP contribution in [0.5, 0.6) is 0 Å². The first kappa shape index (κ1) is 15.0. The molecule has 0 aliphatic rings. The molecule has 0 aliphatic heterocycles. The van der Waals surface area contributed by atoms with E-state index >= 15 is 0 Å². The van der Waals surface area contributed by atoms with E-state index in [1.165, 1.54) is 31.4 Å². The first-order valence-electron chi connectivity index (χ1n) is 7.26. The maximum Gasteiger partial charge on any atom is 0.0359 e. The number of nitrogens with two attached hydrogens (primary N) is 1. The third kappa shape index (κ3) is 4.69. The zero-order chi connectivity index (χ0) is 13.4. The summed E-state index contributed by atoms with van der Waals surface area (Å²) < 4.78 is 0. The van der Waals surface area contributed by atoms with Gasteiger partial charge in [0.1, 0.15) is 0 Å². The van der Waals surface area contributed by atoms with Crippen molar-refractivity contribution in [2.45, 2.75) is 46.6 Å². The van der Waals surface area contributed by atoms with Gasteiger partial charge in [-0.25, -0.2) is 0 Å². The average molecular weight is 248 g/mol. The number of nitrogens with zero attached hydrogens (tertiary/aromatic N) is 1. The molecule has 0 bridgehead atoms. The standard InChI is InChI=1S/C16H28N2/c1-4-11-18(12-14(5-2)6-3)13-15-9-7-8-10-16(15)17/h7-10,14H,4-6,11-13,17H2,1-3H3. The molecule has 0 aromatic heterocycles. The summed E-state index contributed by atoms with van der Waals surface area (Å²) in [7, 11) is 0. The fraction of sp³-hybridized carbons (Fsp3) is 0.625. The lowest BCUT2D eigenvalue weighted by Gasteiger charge is -2.26. The number of benzene rings is 1. The van der Waals surface area contributed by atoms with Crippen molar-refractivity contribution in [1.29, 1.82) is 0 Å². The monoisotopic (exact) mass is 248 g/mol. The zero-order valence-corrected chi connectivity index (χ0v) is 12.2. The molecule has 2 nitrogen and oxygen atoms in total. The van der Waals surface area contributed by atoms with Gasteiger partial charge < -0.3 is 5.73 Å². The van der Waals surface area contributed by atoms with Crippen LogP contribution in [0.15, 0.2) is 24.3 Å². The minimum atomic E-state index is 0.807. The fourth-order valence-electron chi connectivity index (χ4n) is 2.38. The van der Waals surface area contributed by atoms with E-state index in [1.54, 1.807) is 0 Å². The Hall–Kier alpha value is -1.02. The second-order valence-corrected chi connectivity index (χ2v) is 5.12. The Bertz CT molecular complexity index is 332. The van der Waals surface area contributed by atoms with E-state index in [2.05, 4.69) is 37.8 Å². The highest BCUT2D eigenvalue weighted by Crippen LogP contribution is 2.17. The summed E-state index contributed by atoms with van der Waals surface area (Å²) in [5.41, 5.74) is 8.21. The van der Waals surface area contributed by atoms with Crippen LogP contribution < -0.4 is 5.73 Å². The summed E-state index contributed by atoms with van der Waals surface area (Å²) in [5.74, 6) is 0.807. The summed E-state index contributed by atoms with van der Waals surface area (Å²) >= 11 is 0. The molecule has 1 rings (SSSR count). The molecule has 0 aliphatic carbocycles. The zero-order valence-electron chi connectivity index (χ0n) is 12.2. The van der Waals surface area contributed by atoms with E-state index in [0.29, 0.717) is 0 Å². The molecular formula is C16H28N2. The predicted molar refractivity (Wildman–Crippen MR) is 80.5 cm³/mol. The van der Waals surface area contributed by atoms with E-state index < -0.39 is 0 Å². The molecule has 0 unspecified atom stereocenters. The molecule has 18 heavy (non-hydrogen) atoms. The highest BCUT2D eigenvalue weighted by atomic mass is 15.1. The molecule has 0 atom stereocenters. The number of hydrogen-bond acceptors (Lipinski definition) is 2. The van der Waals surface area contributed by atoms with Crippen molar-refractivity contribution >= 4 is 5.69 Å². The van der Waals surface area contributed by atoms with Crippen LogP contribution >= 0.6 is 0 Å². The molecule has 0 amide bonds. The van der Waals surface area contributed by atoms with Gasteiger partial charge in [-0.2, -0.15) is 0 Å². The first-order chi connectivity index (χ1) is 8.71. The molecule has 0 fully saturated rings. The van der Waals surface area contributed by atoms with E-state index in [-0.39, 0.29) is 0 Å². The number of nitrogen functional groups attached to an aromatic ring is 1. The van der Waals surface area contributed by atoms with Gasteiger partial charge in [-0.15, -0.1) is 0 Å². The fourth-order valence-corrected chi connectivity index (χ4v) is 2.38. The third-order valence-electron chi connectivity index (χ3n) is 3.66. The van der Waals surface area contributed by atoms with Crippen molar-refractivity contribution < 1.29 is 0 Å². The topological polar surface area (TPSA) is 29.3 Å². The van der Waals surface area contributed by atoms with Crippen molar-refractivity contribution in [2.75, 3.05) is 18.8 Å². The molecule has 102 valence electrons. The molecule has 2 heteroatoms. The van der Waals surface area contributed by atoms with Gasteiger partial charge in [-0.05, 0) is 30.5 Å². The molecule has 0 radical (unpaired) electrons. The number of anilines is 1. The van der Waals surface area contributed by atoms with Crippen molar-refractivity contribution in [3.8, 4) is 0 Å². The summed E-state index contributed by atoms with van der Waals surface area (Å²) in [4.78, 5) is 2.54. The lowest BCUT2D eigenvalue weighted by Crippen LogP contribution is -2.30. The van der Waals surface area contributed by atoms with Gasteiger partial charge in [0.15, 0.2) is 0 Å². The van der Waals surface area contributed by atoms with Crippen LogP contribution in [0.25, 0.3) is 0 Å². The van der Waals surface area contributed by atoms with Gasteiger partial charge >= 0.3 is 0 Å². The highest BCUT2D eigenvalue weighted by molar-refractivity contribution is 5.46. The Morgan fingerprint density at radius 2 is 1.78 bits per heavy atom. The van der Waals surface area contributed by atoms with Crippen LogP contribution in [0.4, 0.5) is 5.69 Å². The highest BCUT2D eigenvalue weighted by Gasteiger charge is 2.12. The van der Waals surface area contributed by atoms with Crippen molar-refractivity contribution in [1.82, 2.24) is 4.90 Å². The second kappa shape index (κ2) is 8.15. The van der Waals surface area contributed by atoms with Crippen LogP contribution in [0.2, 0.25) is 0 Å². The molecule has 0 saturated carbocycles. The van der Waals surface area contributed by atoms with Gasteiger partial charge in [0.2, 0.25) is 0 Å². The van der Waals surface area contributed by atoms with E-state index in [1.807, 2.05) is 12.1 Å². The molecule has 0 heterocycles. The predicted octanol–water partition coefficient (Wildman–Crippen LogP) is 3.92. The van der Waals surface area contributed by atoms with Crippen molar-refractivity contribution in [3.05, 3.63) is 29.8 Å². The second-order valence-electron chi connectivity index (χ2n) is 5.12. The van der Waals surface area contributed by atoms with Crippen LogP contribution in [-0.2, 0) is 6.54 Å². The minimum absolute atomic E-state index is 0.807. The molecule has 0 spiro atoms. The third-order valence-corrected chi connectivity index (χ3v) is 3.66. The van der Waals surface area contributed by atoms with Gasteiger partial charge in [-0.3, -0.25) is 4.90 Å². The average Bonchev–Trinajstić information content (AvgIpc) is 2.38. The Balaban J connectivity index is 2.65. The SMILES string of the molecule is CCCN(Cc1ccccc1N)CC(CC)CC.